The Bertz CT molecular complexity index is 809. The smallest absolute Gasteiger partial charge is 0.236 e. The number of aromatic nitrogens is 4. The first-order valence-electron chi connectivity index (χ1n) is 12.3. The number of tetrazole rings is 1. The molecule has 4 rings (SSSR count). The van der Waals surface area contributed by atoms with Gasteiger partial charge in [0, 0.05) is 44.8 Å². The lowest BCUT2D eigenvalue weighted by atomic mass is 10.2. The van der Waals surface area contributed by atoms with Crippen molar-refractivity contribution in [1.82, 2.24) is 34.9 Å². The fourth-order valence-corrected chi connectivity index (χ4v) is 4.59. The molecule has 1 aromatic carbocycles. The Morgan fingerprint density at radius 3 is 2.22 bits per heavy atom. The lowest BCUT2D eigenvalue weighted by molar-refractivity contribution is -0.132. The largest absolute Gasteiger partial charge is 0.342 e. The number of amides is 1. The average molecular weight is 440 g/mol. The van der Waals surface area contributed by atoms with E-state index < -0.39 is 0 Å². The molecule has 0 atom stereocenters. The fourth-order valence-electron chi connectivity index (χ4n) is 4.59. The molecule has 0 saturated carbocycles. The van der Waals surface area contributed by atoms with E-state index in [-0.39, 0.29) is 0 Å². The highest BCUT2D eigenvalue weighted by Gasteiger charge is 2.22. The van der Waals surface area contributed by atoms with Gasteiger partial charge >= 0.3 is 0 Å². The minimum absolute atomic E-state index is 0.331. The molecule has 3 heterocycles. The topological polar surface area (TPSA) is 70.4 Å². The lowest BCUT2D eigenvalue weighted by Gasteiger charge is -2.35. The highest BCUT2D eigenvalue weighted by Crippen LogP contribution is 2.13. The molecule has 32 heavy (non-hydrogen) atoms. The van der Waals surface area contributed by atoms with Crippen molar-refractivity contribution in [1.29, 1.82) is 0 Å². The lowest BCUT2D eigenvalue weighted by Crippen LogP contribution is -2.50. The molecule has 8 nitrogen and oxygen atoms in total. The Morgan fingerprint density at radius 1 is 0.781 bits per heavy atom. The van der Waals surface area contributed by atoms with E-state index in [1.54, 1.807) is 4.80 Å². The van der Waals surface area contributed by atoms with Gasteiger partial charge in [-0.05, 0) is 37.4 Å². The van der Waals surface area contributed by atoms with E-state index in [9.17, 15) is 4.79 Å². The standard InChI is InChI=1S/C24H37N7O/c32-23(30-14-8-1-2-9-15-30)21-29-19-17-28(18-20-29)13-7-4-10-16-31-26-24(25-27-31)22-11-5-3-6-12-22/h3,5-6,11-12H,1-2,4,7-10,13-21H2. The minimum atomic E-state index is 0.331. The molecule has 1 amide bonds. The number of unbranched alkanes of at least 4 members (excludes halogenated alkanes) is 2. The van der Waals surface area contributed by atoms with E-state index in [0.29, 0.717) is 18.3 Å². The molecule has 0 radical (unpaired) electrons. The van der Waals surface area contributed by atoms with Crippen molar-refractivity contribution in [2.24, 2.45) is 0 Å². The molecule has 0 N–H and O–H groups in total. The van der Waals surface area contributed by atoms with Crippen LogP contribution in [0.3, 0.4) is 0 Å². The quantitative estimate of drug-likeness (QED) is 0.559. The summed E-state index contributed by atoms with van der Waals surface area (Å²) in [6, 6.07) is 9.98. The van der Waals surface area contributed by atoms with Gasteiger partial charge in [0.1, 0.15) is 0 Å². The second kappa shape index (κ2) is 12.1. The summed E-state index contributed by atoms with van der Waals surface area (Å²) in [6.07, 6.45) is 8.29. The van der Waals surface area contributed by atoms with E-state index in [0.717, 1.165) is 70.8 Å². The Morgan fingerprint density at radius 2 is 1.47 bits per heavy atom. The highest BCUT2D eigenvalue weighted by atomic mass is 16.2. The number of hydrogen-bond acceptors (Lipinski definition) is 6. The first-order chi connectivity index (χ1) is 15.8. The zero-order chi connectivity index (χ0) is 22.0. The maximum Gasteiger partial charge on any atom is 0.236 e. The molecule has 8 heteroatoms. The zero-order valence-electron chi connectivity index (χ0n) is 19.2. The van der Waals surface area contributed by atoms with E-state index >= 15 is 0 Å². The van der Waals surface area contributed by atoms with Crippen molar-refractivity contribution < 1.29 is 4.79 Å². The minimum Gasteiger partial charge on any atom is -0.342 e. The van der Waals surface area contributed by atoms with Gasteiger partial charge < -0.3 is 9.80 Å². The van der Waals surface area contributed by atoms with Crippen LogP contribution in [-0.4, -0.2) is 93.2 Å². The number of likely N-dealkylation sites (tertiary alicyclic amines) is 1. The molecule has 2 aliphatic heterocycles. The predicted octanol–water partition coefficient (Wildman–Crippen LogP) is 2.53. The van der Waals surface area contributed by atoms with Crippen LogP contribution in [0.25, 0.3) is 11.4 Å². The summed E-state index contributed by atoms with van der Waals surface area (Å²) in [4.78, 5) is 21.3. The molecule has 1 aromatic heterocycles. The van der Waals surface area contributed by atoms with Crippen molar-refractivity contribution in [3.63, 3.8) is 0 Å². The normalized spacial score (nSPS) is 18.6. The summed E-state index contributed by atoms with van der Waals surface area (Å²) >= 11 is 0. The fraction of sp³-hybridized carbons (Fsp3) is 0.667. The molecular weight excluding hydrogens is 402 g/mol. The first kappa shape index (κ1) is 22.9. The highest BCUT2D eigenvalue weighted by molar-refractivity contribution is 5.78. The molecule has 0 bridgehead atoms. The second-order valence-corrected chi connectivity index (χ2v) is 9.05. The first-order valence-corrected chi connectivity index (χ1v) is 12.3. The number of hydrogen-bond donors (Lipinski definition) is 0. The van der Waals surface area contributed by atoms with Crippen LogP contribution in [0.15, 0.2) is 30.3 Å². The van der Waals surface area contributed by atoms with E-state index in [1.165, 1.54) is 32.1 Å². The van der Waals surface area contributed by atoms with Gasteiger partial charge in [0.25, 0.3) is 0 Å². The van der Waals surface area contributed by atoms with E-state index in [4.69, 9.17) is 0 Å². The van der Waals surface area contributed by atoms with Crippen LogP contribution >= 0.6 is 0 Å². The molecular formula is C24H37N7O. The summed E-state index contributed by atoms with van der Waals surface area (Å²) in [6.45, 7) is 8.60. The number of benzene rings is 1. The van der Waals surface area contributed by atoms with Gasteiger partial charge in [-0.25, -0.2) is 0 Å². The van der Waals surface area contributed by atoms with Crippen LogP contribution in [0.1, 0.15) is 44.9 Å². The van der Waals surface area contributed by atoms with E-state index in [2.05, 4.69) is 30.1 Å². The third kappa shape index (κ3) is 6.84. The van der Waals surface area contributed by atoms with Crippen LogP contribution in [0.4, 0.5) is 0 Å². The Balaban J connectivity index is 1.07. The Kier molecular flexibility index (Phi) is 8.62. The van der Waals surface area contributed by atoms with Crippen molar-refractivity contribution in [2.75, 3.05) is 52.4 Å². The van der Waals surface area contributed by atoms with Gasteiger partial charge in [0.15, 0.2) is 0 Å². The van der Waals surface area contributed by atoms with Crippen molar-refractivity contribution in [3.05, 3.63) is 30.3 Å². The maximum atomic E-state index is 12.6. The number of carbonyl (C=O) groups is 1. The van der Waals surface area contributed by atoms with Crippen molar-refractivity contribution >= 4 is 5.91 Å². The van der Waals surface area contributed by atoms with Crippen LogP contribution in [-0.2, 0) is 11.3 Å². The summed E-state index contributed by atoms with van der Waals surface area (Å²) in [5, 5.41) is 12.8. The maximum absolute atomic E-state index is 12.6. The molecule has 2 fully saturated rings. The SMILES string of the molecule is O=C(CN1CCN(CCCCCn2nnc(-c3ccccc3)n2)CC1)N1CCCCCC1. The van der Waals surface area contributed by atoms with Crippen LogP contribution in [0.5, 0.6) is 0 Å². The Hall–Kier alpha value is -2.32. The molecule has 174 valence electrons. The Labute approximate surface area is 191 Å². The van der Waals surface area contributed by atoms with Gasteiger partial charge in [-0.15, -0.1) is 10.2 Å². The number of piperazine rings is 1. The van der Waals surface area contributed by atoms with Crippen molar-refractivity contribution in [3.8, 4) is 11.4 Å². The molecule has 0 spiro atoms. The number of nitrogens with zero attached hydrogens (tertiary/aromatic N) is 7. The molecule has 0 unspecified atom stereocenters. The van der Waals surface area contributed by atoms with E-state index in [1.807, 2.05) is 30.3 Å². The average Bonchev–Trinajstić information content (AvgIpc) is 3.13. The summed E-state index contributed by atoms with van der Waals surface area (Å²) in [7, 11) is 0. The van der Waals surface area contributed by atoms with Crippen molar-refractivity contribution in [2.45, 2.75) is 51.5 Å². The van der Waals surface area contributed by atoms with Gasteiger partial charge in [0.2, 0.25) is 11.7 Å². The van der Waals surface area contributed by atoms with Gasteiger partial charge in [0.05, 0.1) is 13.1 Å². The van der Waals surface area contributed by atoms with Crippen LogP contribution in [0, 0.1) is 0 Å². The summed E-state index contributed by atoms with van der Waals surface area (Å²) in [5.74, 6) is 1.02. The van der Waals surface area contributed by atoms with Gasteiger partial charge in [-0.3, -0.25) is 9.69 Å². The van der Waals surface area contributed by atoms with Gasteiger partial charge in [-0.2, -0.15) is 4.80 Å². The number of rotatable bonds is 9. The third-order valence-electron chi connectivity index (χ3n) is 6.60. The second-order valence-electron chi connectivity index (χ2n) is 9.05. The molecule has 2 saturated heterocycles. The monoisotopic (exact) mass is 439 g/mol. The van der Waals surface area contributed by atoms with Gasteiger partial charge in [-0.1, -0.05) is 49.6 Å². The molecule has 2 aliphatic rings. The predicted molar refractivity (Wildman–Crippen MR) is 125 cm³/mol. The van der Waals surface area contributed by atoms with Crippen LogP contribution in [0.2, 0.25) is 0 Å². The summed E-state index contributed by atoms with van der Waals surface area (Å²) in [5.41, 5.74) is 1.01. The number of aryl methyl sites for hydroxylation is 1. The number of carbonyl (C=O) groups excluding carboxylic acids is 1. The van der Waals surface area contributed by atoms with Crippen LogP contribution < -0.4 is 0 Å². The molecule has 2 aromatic rings. The molecule has 0 aliphatic carbocycles. The summed E-state index contributed by atoms with van der Waals surface area (Å²) < 4.78 is 0. The third-order valence-corrected chi connectivity index (χ3v) is 6.60. The zero-order valence-corrected chi connectivity index (χ0v) is 19.2.